The number of nitrogens with zero attached hydrogens (tertiary/aromatic N) is 3. The quantitative estimate of drug-likeness (QED) is 0.318. The predicted molar refractivity (Wildman–Crippen MR) is 76.5 cm³/mol. The first-order valence-electron chi connectivity index (χ1n) is 6.92. The number of imidazole rings is 1. The van der Waals surface area contributed by atoms with Gasteiger partial charge in [0.05, 0.1) is 18.6 Å². The molecule has 2 aliphatic heterocycles. The van der Waals surface area contributed by atoms with Crippen molar-refractivity contribution >= 4 is 22.3 Å². The Hall–Kier alpha value is -2.18. The highest BCUT2D eigenvalue weighted by atomic mass is 32.3. The molecular formula is C11H16N6O5S. The van der Waals surface area contributed by atoms with Crippen LogP contribution in [0.4, 0.5) is 4.79 Å². The van der Waals surface area contributed by atoms with Gasteiger partial charge in [-0.05, 0) is 12.8 Å². The number of hydroxylamine groups is 2. The zero-order chi connectivity index (χ0) is 16.6. The van der Waals surface area contributed by atoms with Gasteiger partial charge >= 0.3 is 16.4 Å². The van der Waals surface area contributed by atoms with Gasteiger partial charge in [0.2, 0.25) is 0 Å². The second-order valence-corrected chi connectivity index (χ2v) is 6.32. The zero-order valence-electron chi connectivity index (χ0n) is 12.0. The summed E-state index contributed by atoms with van der Waals surface area (Å²) in [5, 5.41) is 11.7. The molecule has 12 heteroatoms. The zero-order valence-corrected chi connectivity index (χ0v) is 12.8. The smallest absolute Gasteiger partial charge is 0.365 e. The van der Waals surface area contributed by atoms with Gasteiger partial charge in [-0.3, -0.25) is 9.96 Å². The van der Waals surface area contributed by atoms with Crippen molar-refractivity contribution in [3.05, 3.63) is 18.2 Å². The highest BCUT2D eigenvalue weighted by Gasteiger charge is 2.48. The third kappa shape index (κ3) is 3.28. The monoisotopic (exact) mass is 344 g/mol. The molecular weight excluding hydrogens is 328 g/mol. The maximum atomic E-state index is 12.2. The summed E-state index contributed by atoms with van der Waals surface area (Å²) in [6, 6.07) is -1.64. The second kappa shape index (κ2) is 5.79. The highest BCUT2D eigenvalue weighted by Crippen LogP contribution is 2.30. The van der Waals surface area contributed by atoms with Crippen LogP contribution >= 0.6 is 0 Å². The lowest BCUT2D eigenvalue weighted by Gasteiger charge is -2.30. The number of H-pyrrole nitrogens is 1. The van der Waals surface area contributed by atoms with Crippen molar-refractivity contribution < 1.29 is 22.0 Å². The molecule has 2 saturated heterocycles. The maximum absolute atomic E-state index is 12.2. The van der Waals surface area contributed by atoms with Crippen molar-refractivity contribution in [2.45, 2.75) is 31.5 Å². The van der Waals surface area contributed by atoms with Gasteiger partial charge < -0.3 is 15.2 Å². The van der Waals surface area contributed by atoms with Crippen LogP contribution in [0, 0.1) is 5.41 Å². The van der Waals surface area contributed by atoms with E-state index in [0.717, 1.165) is 0 Å². The van der Waals surface area contributed by atoms with Gasteiger partial charge in [0.25, 0.3) is 0 Å². The number of aromatic nitrogens is 2. The standard InChI is InChI=1S/C11H16N6O5S/c12-10(15-5-9-13-3-4-14-9)8-2-1-7-6-16(8)11(18)17(7)22-23(19,20)21/h3-4,7-8H,1-2,5-6H2,(H2,12,15)(H,13,14)(H,19,20,21)/t7-,8+/m1/s1. The van der Waals surface area contributed by atoms with Crippen molar-refractivity contribution in [1.82, 2.24) is 25.2 Å². The van der Waals surface area contributed by atoms with E-state index in [2.05, 4.69) is 19.6 Å². The number of carbonyl (C=O) groups is 1. The molecule has 2 aliphatic rings. The molecule has 23 heavy (non-hydrogen) atoms. The SMILES string of the molecule is N=C(NCc1ncc[nH]1)[C@@H]1CC[C@@H]2CN1C(=O)N2OS(=O)(=O)O. The molecule has 4 N–H and O–H groups in total. The van der Waals surface area contributed by atoms with Gasteiger partial charge in [0.1, 0.15) is 11.7 Å². The number of nitrogens with one attached hydrogen (secondary N) is 3. The van der Waals surface area contributed by atoms with E-state index in [1.165, 1.54) is 4.90 Å². The number of fused-ring (bicyclic) bond motifs is 2. The van der Waals surface area contributed by atoms with Crippen molar-refractivity contribution in [1.29, 1.82) is 5.41 Å². The summed E-state index contributed by atoms with van der Waals surface area (Å²) in [5.41, 5.74) is 0. The number of amides is 2. The molecule has 0 spiro atoms. The van der Waals surface area contributed by atoms with Crippen LogP contribution in [0.1, 0.15) is 18.7 Å². The molecule has 2 fully saturated rings. The Morgan fingerprint density at radius 3 is 3.00 bits per heavy atom. The predicted octanol–water partition coefficient (Wildman–Crippen LogP) is -0.520. The third-order valence-electron chi connectivity index (χ3n) is 3.83. The molecule has 0 radical (unpaired) electrons. The lowest BCUT2D eigenvalue weighted by atomic mass is 10.00. The van der Waals surface area contributed by atoms with Crippen LogP contribution in [0.2, 0.25) is 0 Å². The normalized spacial score (nSPS) is 24.1. The molecule has 0 aliphatic carbocycles. The van der Waals surface area contributed by atoms with Crippen LogP contribution in [0.15, 0.2) is 12.4 Å². The van der Waals surface area contributed by atoms with E-state index >= 15 is 0 Å². The summed E-state index contributed by atoms with van der Waals surface area (Å²) in [4.78, 5) is 20.5. The van der Waals surface area contributed by atoms with E-state index in [1.54, 1.807) is 12.4 Å². The van der Waals surface area contributed by atoms with E-state index < -0.39 is 28.5 Å². The highest BCUT2D eigenvalue weighted by molar-refractivity contribution is 7.80. The van der Waals surface area contributed by atoms with Crippen LogP contribution in [-0.2, 0) is 21.2 Å². The fraction of sp³-hybridized carbons (Fsp3) is 0.545. The number of rotatable bonds is 5. The van der Waals surface area contributed by atoms with E-state index in [9.17, 15) is 13.2 Å². The first-order valence-corrected chi connectivity index (χ1v) is 8.29. The lowest BCUT2D eigenvalue weighted by Crippen LogP contribution is -2.49. The summed E-state index contributed by atoms with van der Waals surface area (Å²) < 4.78 is 34.7. The topological polar surface area (TPSA) is 152 Å². The molecule has 0 saturated carbocycles. The Balaban J connectivity index is 1.65. The maximum Gasteiger partial charge on any atom is 0.418 e. The summed E-state index contributed by atoms with van der Waals surface area (Å²) in [6.45, 7) is 0.558. The Bertz CT molecular complexity index is 704. The fourth-order valence-corrected chi connectivity index (χ4v) is 3.21. The number of aromatic amines is 1. The first kappa shape index (κ1) is 15.7. The van der Waals surface area contributed by atoms with Gasteiger partial charge in [-0.2, -0.15) is 13.5 Å². The Morgan fingerprint density at radius 1 is 1.57 bits per heavy atom. The number of carbonyl (C=O) groups excluding carboxylic acids is 1. The number of piperidine rings is 1. The van der Waals surface area contributed by atoms with Crippen LogP contribution in [0.3, 0.4) is 0 Å². The minimum absolute atomic E-state index is 0.141. The van der Waals surface area contributed by atoms with Gasteiger partial charge in [0.15, 0.2) is 0 Å². The fourth-order valence-electron chi connectivity index (χ4n) is 2.82. The molecule has 2 atom stereocenters. The van der Waals surface area contributed by atoms with E-state index in [1.807, 2.05) is 0 Å². The molecule has 11 nitrogen and oxygen atoms in total. The Kier molecular flexibility index (Phi) is 3.95. The molecule has 1 aromatic heterocycles. The summed E-state index contributed by atoms with van der Waals surface area (Å²) in [6.07, 6.45) is 4.22. The summed E-state index contributed by atoms with van der Waals surface area (Å²) >= 11 is 0. The minimum atomic E-state index is -4.76. The first-order chi connectivity index (χ1) is 10.8. The largest absolute Gasteiger partial charge is 0.418 e. The molecule has 2 amide bonds. The van der Waals surface area contributed by atoms with Crippen molar-refractivity contribution in [2.75, 3.05) is 6.54 Å². The average Bonchev–Trinajstić information content (AvgIpc) is 3.08. The molecule has 1 aromatic rings. The Labute approximate surface area is 132 Å². The Morgan fingerprint density at radius 2 is 2.35 bits per heavy atom. The van der Waals surface area contributed by atoms with Crippen LogP contribution in [-0.4, -0.2) is 63.4 Å². The van der Waals surface area contributed by atoms with Crippen molar-refractivity contribution in [3.8, 4) is 0 Å². The molecule has 3 rings (SSSR count). The molecule has 0 unspecified atom stereocenters. The van der Waals surface area contributed by atoms with Gasteiger partial charge in [-0.1, -0.05) is 0 Å². The minimum Gasteiger partial charge on any atom is -0.365 e. The number of amidine groups is 1. The second-order valence-electron chi connectivity index (χ2n) is 5.31. The van der Waals surface area contributed by atoms with Crippen LogP contribution in [0.25, 0.3) is 0 Å². The molecule has 0 aromatic carbocycles. The summed E-state index contributed by atoms with van der Waals surface area (Å²) in [5.74, 6) is 0.800. The number of hydrogen-bond acceptors (Lipinski definition) is 6. The van der Waals surface area contributed by atoms with Crippen molar-refractivity contribution in [3.63, 3.8) is 0 Å². The average molecular weight is 344 g/mol. The molecule has 2 bridgehead atoms. The summed E-state index contributed by atoms with van der Waals surface area (Å²) in [7, 11) is -4.76. The van der Waals surface area contributed by atoms with Gasteiger partial charge in [-0.25, -0.2) is 9.78 Å². The molecule has 3 heterocycles. The number of hydrogen-bond donors (Lipinski definition) is 4. The van der Waals surface area contributed by atoms with E-state index in [0.29, 0.717) is 30.3 Å². The van der Waals surface area contributed by atoms with Crippen LogP contribution < -0.4 is 5.32 Å². The van der Waals surface area contributed by atoms with Crippen LogP contribution in [0.5, 0.6) is 0 Å². The van der Waals surface area contributed by atoms with E-state index in [-0.39, 0.29) is 12.4 Å². The molecule has 126 valence electrons. The van der Waals surface area contributed by atoms with Gasteiger partial charge in [-0.15, -0.1) is 4.28 Å². The van der Waals surface area contributed by atoms with E-state index in [4.69, 9.17) is 9.96 Å². The lowest BCUT2D eigenvalue weighted by molar-refractivity contribution is -0.0316. The van der Waals surface area contributed by atoms with Crippen molar-refractivity contribution in [2.24, 2.45) is 0 Å². The number of urea groups is 1. The van der Waals surface area contributed by atoms with Gasteiger partial charge in [0, 0.05) is 18.9 Å². The third-order valence-corrected chi connectivity index (χ3v) is 4.18.